The number of nitrogens with two attached hydrogens (primary N) is 1. The van der Waals surface area contributed by atoms with Crippen molar-refractivity contribution in [1.29, 1.82) is 0 Å². The molecule has 2 atom stereocenters. The van der Waals surface area contributed by atoms with E-state index in [-0.39, 0.29) is 17.5 Å². The van der Waals surface area contributed by atoms with Gasteiger partial charge in [-0.2, -0.15) is 0 Å². The molecule has 0 aromatic heterocycles. The number of ether oxygens (including phenoxy) is 1. The Morgan fingerprint density at radius 3 is 2.47 bits per heavy atom. The van der Waals surface area contributed by atoms with Gasteiger partial charge in [0.2, 0.25) is 0 Å². The zero-order valence-electron chi connectivity index (χ0n) is 9.34. The number of halogens is 1. The lowest BCUT2D eigenvalue weighted by Gasteiger charge is -2.30. The number of rotatable bonds is 2. The van der Waals surface area contributed by atoms with Gasteiger partial charge in [-0.25, -0.2) is 4.39 Å². The number of benzene rings is 1. The van der Waals surface area contributed by atoms with Crippen LogP contribution in [0.1, 0.15) is 19.3 Å². The summed E-state index contributed by atoms with van der Waals surface area (Å²) in [6.45, 7) is 0. The molecule has 94 valence electrons. The molecule has 0 spiro atoms. The largest absolute Gasteiger partial charge is 0.488 e. The molecule has 2 rings (SSSR count). The average molecular weight is 241 g/mol. The van der Waals surface area contributed by atoms with Gasteiger partial charge in [0.15, 0.2) is 0 Å². The van der Waals surface area contributed by atoms with Crippen molar-refractivity contribution in [3.63, 3.8) is 0 Å². The Balaban J connectivity index is 2.07. The molecule has 4 N–H and O–H groups in total. The third-order valence-corrected chi connectivity index (χ3v) is 2.92. The maximum Gasteiger partial charge on any atom is 0.149 e. The van der Waals surface area contributed by atoms with Crippen molar-refractivity contribution < 1.29 is 19.3 Å². The third kappa shape index (κ3) is 2.87. The molecule has 17 heavy (non-hydrogen) atoms. The van der Waals surface area contributed by atoms with Crippen molar-refractivity contribution in [2.75, 3.05) is 5.73 Å². The number of anilines is 1. The molecule has 1 aliphatic rings. The molecule has 4 nitrogen and oxygen atoms in total. The van der Waals surface area contributed by atoms with Gasteiger partial charge in [-0.05, 0) is 18.6 Å². The average Bonchev–Trinajstić information content (AvgIpc) is 2.23. The van der Waals surface area contributed by atoms with E-state index < -0.39 is 18.0 Å². The highest BCUT2D eigenvalue weighted by Crippen LogP contribution is 2.29. The van der Waals surface area contributed by atoms with Crippen LogP contribution in [0.2, 0.25) is 0 Å². The summed E-state index contributed by atoms with van der Waals surface area (Å²) >= 11 is 0. The molecule has 0 heterocycles. The van der Waals surface area contributed by atoms with Crippen molar-refractivity contribution >= 4 is 5.69 Å². The number of hydrogen-bond donors (Lipinski definition) is 3. The van der Waals surface area contributed by atoms with E-state index >= 15 is 0 Å². The monoisotopic (exact) mass is 241 g/mol. The molecule has 0 bridgehead atoms. The Morgan fingerprint density at radius 2 is 1.82 bits per heavy atom. The molecule has 0 radical (unpaired) electrons. The number of nitrogen functional groups attached to an aromatic ring is 1. The first kappa shape index (κ1) is 12.1. The van der Waals surface area contributed by atoms with Crippen LogP contribution in [0, 0.1) is 5.82 Å². The predicted molar refractivity (Wildman–Crippen MR) is 61.1 cm³/mol. The zero-order chi connectivity index (χ0) is 12.4. The Hall–Kier alpha value is -1.33. The highest BCUT2D eigenvalue weighted by molar-refractivity contribution is 5.53. The normalized spacial score (nSPS) is 29.0. The summed E-state index contributed by atoms with van der Waals surface area (Å²) in [6.07, 6.45) is -0.298. The minimum atomic E-state index is -0.585. The van der Waals surface area contributed by atoms with Crippen LogP contribution in [-0.2, 0) is 0 Å². The maximum absolute atomic E-state index is 13.2. The number of hydrogen-bond acceptors (Lipinski definition) is 4. The molecule has 0 aliphatic heterocycles. The molecule has 1 fully saturated rings. The number of aliphatic hydroxyl groups excluding tert-OH is 2. The molecule has 1 aromatic carbocycles. The molecule has 2 unspecified atom stereocenters. The summed E-state index contributed by atoms with van der Waals surface area (Å²) in [5.41, 5.74) is 5.50. The van der Waals surface area contributed by atoms with E-state index in [1.165, 1.54) is 12.1 Å². The quantitative estimate of drug-likeness (QED) is 0.677. The van der Waals surface area contributed by atoms with Crippen molar-refractivity contribution in [1.82, 2.24) is 0 Å². The number of aliphatic hydroxyl groups is 2. The van der Waals surface area contributed by atoms with Gasteiger partial charge >= 0.3 is 0 Å². The summed E-state index contributed by atoms with van der Waals surface area (Å²) in [4.78, 5) is 0. The molecule has 1 aliphatic carbocycles. The standard InChI is InChI=1S/C12H16FNO3/c13-10-2-1-3-11(12(10)14)17-9-5-7(15)4-8(16)6-9/h1-3,7-9,15-16H,4-6,14H2. The number of para-hydroxylation sites is 1. The van der Waals surface area contributed by atoms with Crippen molar-refractivity contribution in [3.8, 4) is 5.75 Å². The fourth-order valence-electron chi connectivity index (χ4n) is 2.11. The highest BCUT2D eigenvalue weighted by Gasteiger charge is 2.28. The van der Waals surface area contributed by atoms with E-state index in [1.807, 2.05) is 0 Å². The third-order valence-electron chi connectivity index (χ3n) is 2.92. The van der Waals surface area contributed by atoms with E-state index in [2.05, 4.69) is 0 Å². The van der Waals surface area contributed by atoms with Crippen LogP contribution in [0.3, 0.4) is 0 Å². The fraction of sp³-hybridized carbons (Fsp3) is 0.500. The molecule has 0 saturated heterocycles. The molecular weight excluding hydrogens is 225 g/mol. The van der Waals surface area contributed by atoms with Gasteiger partial charge in [0.25, 0.3) is 0 Å². The SMILES string of the molecule is Nc1c(F)cccc1OC1CC(O)CC(O)C1. The topological polar surface area (TPSA) is 75.7 Å². The fourth-order valence-corrected chi connectivity index (χ4v) is 2.11. The Morgan fingerprint density at radius 1 is 1.18 bits per heavy atom. The summed E-state index contributed by atoms with van der Waals surface area (Å²) in [5.74, 6) is -0.268. The molecule has 1 aromatic rings. The van der Waals surface area contributed by atoms with Crippen LogP contribution in [0.5, 0.6) is 5.75 Å². The Bertz CT molecular complexity index is 389. The second-order valence-corrected chi connectivity index (χ2v) is 4.41. The van der Waals surface area contributed by atoms with Crippen LogP contribution in [-0.4, -0.2) is 28.5 Å². The lowest BCUT2D eigenvalue weighted by Crippen LogP contribution is -2.36. The lowest BCUT2D eigenvalue weighted by atomic mass is 9.92. The predicted octanol–water partition coefficient (Wildman–Crippen LogP) is 1.06. The second-order valence-electron chi connectivity index (χ2n) is 4.41. The van der Waals surface area contributed by atoms with Crippen molar-refractivity contribution in [2.24, 2.45) is 0 Å². The van der Waals surface area contributed by atoms with Crippen molar-refractivity contribution in [3.05, 3.63) is 24.0 Å². The molecular formula is C12H16FNO3. The second kappa shape index (κ2) is 4.89. The van der Waals surface area contributed by atoms with Gasteiger partial charge < -0.3 is 20.7 Å². The van der Waals surface area contributed by atoms with E-state index in [9.17, 15) is 14.6 Å². The summed E-state index contributed by atoms with van der Waals surface area (Å²) in [7, 11) is 0. The zero-order valence-corrected chi connectivity index (χ0v) is 9.34. The van der Waals surface area contributed by atoms with Crippen LogP contribution in [0.25, 0.3) is 0 Å². The van der Waals surface area contributed by atoms with E-state index in [4.69, 9.17) is 10.5 Å². The highest BCUT2D eigenvalue weighted by atomic mass is 19.1. The van der Waals surface area contributed by atoms with Crippen LogP contribution >= 0.6 is 0 Å². The van der Waals surface area contributed by atoms with E-state index in [0.717, 1.165) is 0 Å². The van der Waals surface area contributed by atoms with Gasteiger partial charge in [-0.1, -0.05) is 6.07 Å². The summed E-state index contributed by atoms with van der Waals surface area (Å²) < 4.78 is 18.7. The Labute approximate surface area is 98.8 Å². The van der Waals surface area contributed by atoms with Crippen LogP contribution in [0.15, 0.2) is 18.2 Å². The minimum absolute atomic E-state index is 0.0398. The van der Waals surface area contributed by atoms with E-state index in [1.54, 1.807) is 6.07 Å². The first-order chi connectivity index (χ1) is 8.06. The Kier molecular flexibility index (Phi) is 3.49. The summed E-state index contributed by atoms with van der Waals surface area (Å²) in [6, 6.07) is 4.34. The van der Waals surface area contributed by atoms with Crippen LogP contribution < -0.4 is 10.5 Å². The molecule has 1 saturated carbocycles. The summed E-state index contributed by atoms with van der Waals surface area (Å²) in [5, 5.41) is 19.0. The molecule has 0 amide bonds. The van der Waals surface area contributed by atoms with Gasteiger partial charge in [0, 0.05) is 12.8 Å². The smallest absolute Gasteiger partial charge is 0.149 e. The van der Waals surface area contributed by atoms with E-state index in [0.29, 0.717) is 19.3 Å². The lowest BCUT2D eigenvalue weighted by molar-refractivity contribution is -0.0153. The van der Waals surface area contributed by atoms with Gasteiger partial charge in [0.05, 0.1) is 12.2 Å². The first-order valence-corrected chi connectivity index (χ1v) is 5.63. The molecule has 5 heteroatoms. The van der Waals surface area contributed by atoms with Gasteiger partial charge in [-0.3, -0.25) is 0 Å². The maximum atomic E-state index is 13.2. The van der Waals surface area contributed by atoms with Crippen molar-refractivity contribution in [2.45, 2.75) is 37.6 Å². The van der Waals surface area contributed by atoms with Gasteiger partial charge in [-0.15, -0.1) is 0 Å². The minimum Gasteiger partial charge on any atom is -0.488 e. The van der Waals surface area contributed by atoms with Gasteiger partial charge in [0.1, 0.15) is 23.4 Å². The first-order valence-electron chi connectivity index (χ1n) is 5.63. The van der Waals surface area contributed by atoms with Crippen LogP contribution in [0.4, 0.5) is 10.1 Å².